The number of carboxylic acids is 1. The van der Waals surface area contributed by atoms with Crippen LogP contribution in [0.5, 0.6) is 0 Å². The molecule has 5 nitrogen and oxygen atoms in total. The third-order valence-electron chi connectivity index (χ3n) is 2.86. The molecule has 110 valence electrons. The Labute approximate surface area is 123 Å². The van der Waals surface area contributed by atoms with E-state index in [1.807, 2.05) is 25.3 Å². The van der Waals surface area contributed by atoms with Gasteiger partial charge in [-0.1, -0.05) is 17.7 Å². The summed E-state index contributed by atoms with van der Waals surface area (Å²) >= 11 is 1.60. The number of nitrogens with two attached hydrogens (primary N) is 1. The zero-order chi connectivity index (χ0) is 15.1. The lowest BCUT2D eigenvalue weighted by Gasteiger charge is -2.24. The van der Waals surface area contributed by atoms with Crippen molar-refractivity contribution in [1.29, 1.82) is 0 Å². The molecule has 0 heterocycles. The zero-order valence-corrected chi connectivity index (χ0v) is 12.5. The van der Waals surface area contributed by atoms with Crippen molar-refractivity contribution < 1.29 is 14.7 Å². The number of carbonyl (C=O) groups excluding carboxylic acids is 1. The number of carbonyl (C=O) groups is 2. The highest BCUT2D eigenvalue weighted by atomic mass is 32.2. The number of carboxylic acid groups (broad SMARTS) is 1. The van der Waals surface area contributed by atoms with Gasteiger partial charge in [0.15, 0.2) is 0 Å². The van der Waals surface area contributed by atoms with Gasteiger partial charge in [0.2, 0.25) is 5.91 Å². The van der Waals surface area contributed by atoms with Gasteiger partial charge in [-0.05, 0) is 37.5 Å². The van der Waals surface area contributed by atoms with Gasteiger partial charge < -0.3 is 10.8 Å². The van der Waals surface area contributed by atoms with E-state index >= 15 is 0 Å². The first-order valence-electron chi connectivity index (χ1n) is 6.30. The Hall–Kier alpha value is -1.53. The minimum atomic E-state index is -1.06. The standard InChI is InChI=1S/C14H20N2O3S/c1-10-3-5-11(6-4-10)16(9-13(17)18)14(19)12(15)7-8-20-2/h3-6,12H,7-9,15H2,1-2H3,(H,17,18)/t12-/m1/s1. The van der Waals surface area contributed by atoms with Gasteiger partial charge >= 0.3 is 5.97 Å². The van der Waals surface area contributed by atoms with Crippen LogP contribution < -0.4 is 10.6 Å². The molecule has 0 fully saturated rings. The smallest absolute Gasteiger partial charge is 0.323 e. The monoisotopic (exact) mass is 296 g/mol. The van der Waals surface area contributed by atoms with Crippen molar-refractivity contribution in [2.24, 2.45) is 5.73 Å². The van der Waals surface area contributed by atoms with E-state index in [-0.39, 0.29) is 12.5 Å². The summed E-state index contributed by atoms with van der Waals surface area (Å²) in [7, 11) is 0. The van der Waals surface area contributed by atoms with Gasteiger partial charge in [0, 0.05) is 5.69 Å². The number of benzene rings is 1. The molecule has 0 aromatic heterocycles. The van der Waals surface area contributed by atoms with E-state index in [2.05, 4.69) is 0 Å². The Bertz CT molecular complexity index is 462. The third-order valence-corrected chi connectivity index (χ3v) is 3.50. The van der Waals surface area contributed by atoms with Crippen LogP contribution in [0.15, 0.2) is 24.3 Å². The minimum Gasteiger partial charge on any atom is -0.480 e. The van der Waals surface area contributed by atoms with Crippen LogP contribution in [0.25, 0.3) is 0 Å². The molecule has 3 N–H and O–H groups in total. The number of rotatable bonds is 7. The van der Waals surface area contributed by atoms with Gasteiger partial charge in [-0.25, -0.2) is 0 Å². The van der Waals surface area contributed by atoms with Gasteiger partial charge in [-0.3, -0.25) is 14.5 Å². The molecular weight excluding hydrogens is 276 g/mol. The number of nitrogens with zero attached hydrogens (tertiary/aromatic N) is 1. The summed E-state index contributed by atoms with van der Waals surface area (Å²) < 4.78 is 0. The average molecular weight is 296 g/mol. The number of anilines is 1. The van der Waals surface area contributed by atoms with Crippen molar-refractivity contribution in [3.8, 4) is 0 Å². The van der Waals surface area contributed by atoms with E-state index in [0.29, 0.717) is 12.1 Å². The van der Waals surface area contributed by atoms with Crippen molar-refractivity contribution in [2.45, 2.75) is 19.4 Å². The quantitative estimate of drug-likeness (QED) is 0.796. The van der Waals surface area contributed by atoms with Gasteiger partial charge in [0.25, 0.3) is 0 Å². The van der Waals surface area contributed by atoms with Crippen molar-refractivity contribution in [1.82, 2.24) is 0 Å². The van der Waals surface area contributed by atoms with E-state index < -0.39 is 12.0 Å². The summed E-state index contributed by atoms with van der Waals surface area (Å²) in [6.45, 7) is 1.55. The molecule has 0 aliphatic carbocycles. The van der Waals surface area contributed by atoms with Crippen molar-refractivity contribution in [3.63, 3.8) is 0 Å². The molecule has 1 rings (SSSR count). The van der Waals surface area contributed by atoms with Crippen molar-refractivity contribution in [3.05, 3.63) is 29.8 Å². The zero-order valence-electron chi connectivity index (χ0n) is 11.7. The van der Waals surface area contributed by atoms with Crippen LogP contribution in [0.4, 0.5) is 5.69 Å². The number of thioether (sulfide) groups is 1. The summed E-state index contributed by atoms with van der Waals surface area (Å²) in [6.07, 6.45) is 2.47. The third kappa shape index (κ3) is 4.86. The van der Waals surface area contributed by atoms with E-state index in [1.54, 1.807) is 23.9 Å². The maximum absolute atomic E-state index is 12.3. The molecule has 0 saturated carbocycles. The first-order valence-corrected chi connectivity index (χ1v) is 7.69. The summed E-state index contributed by atoms with van der Waals surface area (Å²) in [4.78, 5) is 24.5. The molecule has 20 heavy (non-hydrogen) atoms. The highest BCUT2D eigenvalue weighted by Gasteiger charge is 2.24. The Kier molecular flexibility index (Phi) is 6.54. The minimum absolute atomic E-state index is 0.356. The Morgan fingerprint density at radius 2 is 1.95 bits per heavy atom. The number of aryl methyl sites for hydroxylation is 1. The van der Waals surface area contributed by atoms with E-state index in [4.69, 9.17) is 10.8 Å². The molecular formula is C14H20N2O3S. The van der Waals surface area contributed by atoms with E-state index in [0.717, 1.165) is 11.3 Å². The van der Waals surface area contributed by atoms with Gasteiger partial charge in [-0.15, -0.1) is 0 Å². The Balaban J connectivity index is 2.91. The number of hydrogen-bond donors (Lipinski definition) is 2. The normalized spacial score (nSPS) is 11.9. The van der Waals surface area contributed by atoms with Crippen LogP contribution in [-0.4, -0.2) is 41.6 Å². The lowest BCUT2D eigenvalue weighted by atomic mass is 10.1. The topological polar surface area (TPSA) is 83.6 Å². The van der Waals surface area contributed by atoms with E-state index in [1.165, 1.54) is 4.90 Å². The molecule has 1 atom stereocenters. The average Bonchev–Trinajstić information content (AvgIpc) is 2.42. The van der Waals surface area contributed by atoms with Crippen LogP contribution in [0.2, 0.25) is 0 Å². The summed E-state index contributed by atoms with van der Waals surface area (Å²) in [5.74, 6) is -0.650. The van der Waals surface area contributed by atoms with Crippen LogP contribution in [-0.2, 0) is 9.59 Å². The molecule has 6 heteroatoms. The summed E-state index contributed by atoms with van der Waals surface area (Å²) in [6, 6.07) is 6.47. The fraction of sp³-hybridized carbons (Fsp3) is 0.429. The first kappa shape index (κ1) is 16.5. The number of amides is 1. The molecule has 0 bridgehead atoms. The second kappa shape index (κ2) is 7.91. The summed E-state index contributed by atoms with van der Waals surface area (Å²) in [5.41, 5.74) is 7.45. The van der Waals surface area contributed by atoms with Gasteiger partial charge in [0.05, 0.1) is 6.04 Å². The highest BCUT2D eigenvalue weighted by molar-refractivity contribution is 7.98. The fourth-order valence-corrected chi connectivity index (χ4v) is 2.21. The van der Waals surface area contributed by atoms with Gasteiger partial charge in [-0.2, -0.15) is 11.8 Å². The van der Waals surface area contributed by atoms with Crippen molar-refractivity contribution >= 4 is 29.3 Å². The van der Waals surface area contributed by atoms with Crippen LogP contribution in [0.3, 0.4) is 0 Å². The molecule has 0 unspecified atom stereocenters. The van der Waals surface area contributed by atoms with Crippen LogP contribution in [0.1, 0.15) is 12.0 Å². The maximum Gasteiger partial charge on any atom is 0.323 e. The highest BCUT2D eigenvalue weighted by Crippen LogP contribution is 2.16. The number of hydrogen-bond acceptors (Lipinski definition) is 4. The fourth-order valence-electron chi connectivity index (χ4n) is 1.72. The molecule has 0 saturated heterocycles. The van der Waals surface area contributed by atoms with Gasteiger partial charge in [0.1, 0.15) is 6.54 Å². The maximum atomic E-state index is 12.3. The molecule has 0 aliphatic heterocycles. The van der Waals surface area contributed by atoms with Crippen molar-refractivity contribution in [2.75, 3.05) is 23.5 Å². The second-order valence-corrected chi connectivity index (χ2v) is 5.53. The number of aliphatic carboxylic acids is 1. The van der Waals surface area contributed by atoms with E-state index in [9.17, 15) is 9.59 Å². The second-order valence-electron chi connectivity index (χ2n) is 4.54. The Morgan fingerprint density at radius 1 is 1.35 bits per heavy atom. The molecule has 1 aromatic rings. The molecule has 1 amide bonds. The molecule has 0 radical (unpaired) electrons. The molecule has 1 aromatic carbocycles. The first-order chi connectivity index (χ1) is 9.45. The lowest BCUT2D eigenvalue weighted by molar-refractivity contribution is -0.136. The lowest BCUT2D eigenvalue weighted by Crippen LogP contribution is -2.46. The molecule has 0 aliphatic rings. The van der Waals surface area contributed by atoms with Crippen LogP contribution in [0, 0.1) is 6.92 Å². The summed E-state index contributed by atoms with van der Waals surface area (Å²) in [5, 5.41) is 8.97. The predicted octanol–water partition coefficient (Wildman–Crippen LogP) is 1.49. The predicted molar refractivity (Wildman–Crippen MR) is 82.1 cm³/mol. The van der Waals surface area contributed by atoms with Crippen LogP contribution >= 0.6 is 11.8 Å². The SMILES string of the molecule is CSCC[C@@H](N)C(=O)N(CC(=O)O)c1ccc(C)cc1. The largest absolute Gasteiger partial charge is 0.480 e. The Morgan fingerprint density at radius 3 is 2.45 bits per heavy atom. The molecule has 0 spiro atoms.